The molecule has 3 nitrogen and oxygen atoms in total. The van der Waals surface area contributed by atoms with Crippen LogP contribution in [0.15, 0.2) is 18.5 Å². The first-order chi connectivity index (χ1) is 7.79. The van der Waals surface area contributed by atoms with Crippen LogP contribution in [0.4, 0.5) is 11.4 Å². The number of pyridine rings is 1. The van der Waals surface area contributed by atoms with E-state index in [4.69, 9.17) is 0 Å². The Bertz CT molecular complexity index is 334. The van der Waals surface area contributed by atoms with E-state index in [0.29, 0.717) is 6.04 Å². The minimum absolute atomic E-state index is 0.562. The van der Waals surface area contributed by atoms with Gasteiger partial charge in [-0.15, -0.1) is 0 Å². The van der Waals surface area contributed by atoms with Crippen molar-refractivity contribution in [3.05, 3.63) is 18.5 Å². The molecule has 1 aliphatic rings. The van der Waals surface area contributed by atoms with Gasteiger partial charge in [-0.1, -0.05) is 6.42 Å². The molecule has 1 aliphatic carbocycles. The molecule has 0 spiro atoms. The fourth-order valence-corrected chi connectivity index (χ4v) is 2.14. The number of hydrogen-bond acceptors (Lipinski definition) is 3. The van der Waals surface area contributed by atoms with Crippen molar-refractivity contribution in [3.63, 3.8) is 0 Å². The largest absolute Gasteiger partial charge is 0.384 e. The van der Waals surface area contributed by atoms with Gasteiger partial charge in [0.1, 0.15) is 0 Å². The predicted molar refractivity (Wildman–Crippen MR) is 68.8 cm³/mol. The maximum atomic E-state index is 4.23. The van der Waals surface area contributed by atoms with E-state index in [0.717, 1.165) is 23.8 Å². The summed E-state index contributed by atoms with van der Waals surface area (Å²) in [5.41, 5.74) is 2.21. The molecule has 0 aromatic carbocycles. The average Bonchev–Trinajstić information content (AvgIpc) is 2.15. The molecule has 1 saturated carbocycles. The van der Waals surface area contributed by atoms with Crippen molar-refractivity contribution >= 4 is 11.4 Å². The van der Waals surface area contributed by atoms with Gasteiger partial charge in [-0.2, -0.15) is 0 Å². The van der Waals surface area contributed by atoms with Crippen LogP contribution in [0.3, 0.4) is 0 Å². The van der Waals surface area contributed by atoms with Crippen LogP contribution < -0.4 is 10.6 Å². The lowest BCUT2D eigenvalue weighted by Gasteiger charge is -2.32. The van der Waals surface area contributed by atoms with E-state index in [2.05, 4.69) is 35.5 Å². The monoisotopic (exact) mass is 219 g/mol. The van der Waals surface area contributed by atoms with E-state index < -0.39 is 0 Å². The van der Waals surface area contributed by atoms with Crippen LogP contribution in [0.25, 0.3) is 0 Å². The smallest absolute Gasteiger partial charge is 0.0549 e. The number of rotatable bonds is 5. The van der Waals surface area contributed by atoms with Crippen molar-refractivity contribution in [1.29, 1.82) is 0 Å². The summed E-state index contributed by atoms with van der Waals surface area (Å²) in [6, 6.07) is 2.69. The zero-order valence-corrected chi connectivity index (χ0v) is 10.2. The zero-order chi connectivity index (χ0) is 11.4. The summed E-state index contributed by atoms with van der Waals surface area (Å²) in [6.07, 6.45) is 7.90. The molecule has 1 unspecified atom stereocenters. The van der Waals surface area contributed by atoms with E-state index in [1.54, 1.807) is 0 Å². The second-order valence-corrected chi connectivity index (χ2v) is 4.62. The lowest BCUT2D eigenvalue weighted by atomic mass is 9.80. The average molecular weight is 219 g/mol. The summed E-state index contributed by atoms with van der Waals surface area (Å²) < 4.78 is 0. The standard InChI is InChI=1S/C13H21N3/c1-3-15-12-7-13(9-14-8-12)16-10(2)11-5-4-6-11/h7-11,15-16H,3-6H2,1-2H3. The third-order valence-electron chi connectivity index (χ3n) is 3.37. The lowest BCUT2D eigenvalue weighted by molar-refractivity contribution is 0.285. The normalized spacial score (nSPS) is 17.6. The van der Waals surface area contributed by atoms with Gasteiger partial charge in [0.05, 0.1) is 23.8 Å². The lowest BCUT2D eigenvalue weighted by Crippen LogP contribution is -2.30. The molecule has 0 radical (unpaired) electrons. The first kappa shape index (κ1) is 11.2. The third-order valence-corrected chi connectivity index (χ3v) is 3.37. The summed E-state index contributed by atoms with van der Waals surface area (Å²) in [4.78, 5) is 4.23. The fraction of sp³-hybridized carbons (Fsp3) is 0.615. The molecule has 1 fully saturated rings. The first-order valence-corrected chi connectivity index (χ1v) is 6.25. The Kier molecular flexibility index (Phi) is 3.65. The van der Waals surface area contributed by atoms with Crippen LogP contribution in [-0.4, -0.2) is 17.6 Å². The van der Waals surface area contributed by atoms with Crippen LogP contribution in [0, 0.1) is 5.92 Å². The van der Waals surface area contributed by atoms with Gasteiger partial charge < -0.3 is 10.6 Å². The number of anilines is 2. The molecule has 0 amide bonds. The Morgan fingerprint density at radius 3 is 2.75 bits per heavy atom. The topological polar surface area (TPSA) is 37.0 Å². The Labute approximate surface area is 97.7 Å². The molecule has 0 bridgehead atoms. The minimum atomic E-state index is 0.562. The number of nitrogens with zero attached hydrogens (tertiary/aromatic N) is 1. The SMILES string of the molecule is CCNc1cncc(NC(C)C2CCC2)c1. The van der Waals surface area contributed by atoms with E-state index >= 15 is 0 Å². The molecule has 16 heavy (non-hydrogen) atoms. The van der Waals surface area contributed by atoms with Crippen LogP contribution in [-0.2, 0) is 0 Å². The summed E-state index contributed by atoms with van der Waals surface area (Å²) in [6.45, 7) is 5.30. The zero-order valence-electron chi connectivity index (χ0n) is 10.2. The van der Waals surface area contributed by atoms with Gasteiger partial charge in [-0.25, -0.2) is 0 Å². The van der Waals surface area contributed by atoms with Gasteiger partial charge in [0.25, 0.3) is 0 Å². The molecule has 1 atom stereocenters. The highest BCUT2D eigenvalue weighted by molar-refractivity contribution is 5.54. The molecular formula is C13H21N3. The molecule has 1 aromatic rings. The Balaban J connectivity index is 1.94. The van der Waals surface area contributed by atoms with E-state index in [9.17, 15) is 0 Å². The van der Waals surface area contributed by atoms with Crippen LogP contribution >= 0.6 is 0 Å². The summed E-state index contributed by atoms with van der Waals surface area (Å²) in [5.74, 6) is 0.850. The third kappa shape index (κ3) is 2.65. The summed E-state index contributed by atoms with van der Waals surface area (Å²) in [5, 5.41) is 6.82. The van der Waals surface area contributed by atoms with Crippen molar-refractivity contribution in [2.24, 2.45) is 5.92 Å². The molecule has 0 aliphatic heterocycles. The molecule has 88 valence electrons. The van der Waals surface area contributed by atoms with Gasteiger partial charge in [-0.3, -0.25) is 4.98 Å². The van der Waals surface area contributed by atoms with Crippen LogP contribution in [0.1, 0.15) is 33.1 Å². The number of aromatic nitrogens is 1. The highest BCUT2D eigenvalue weighted by Crippen LogP contribution is 2.31. The predicted octanol–water partition coefficient (Wildman–Crippen LogP) is 3.11. The maximum Gasteiger partial charge on any atom is 0.0549 e. The highest BCUT2D eigenvalue weighted by Gasteiger charge is 2.23. The van der Waals surface area contributed by atoms with Gasteiger partial charge >= 0.3 is 0 Å². The summed E-state index contributed by atoms with van der Waals surface area (Å²) >= 11 is 0. The number of hydrogen-bond donors (Lipinski definition) is 2. The number of nitrogens with one attached hydrogen (secondary N) is 2. The minimum Gasteiger partial charge on any atom is -0.384 e. The van der Waals surface area contributed by atoms with Crippen molar-refractivity contribution in [2.75, 3.05) is 17.2 Å². The summed E-state index contributed by atoms with van der Waals surface area (Å²) in [7, 11) is 0. The quantitative estimate of drug-likeness (QED) is 0.799. The van der Waals surface area contributed by atoms with E-state index in [1.165, 1.54) is 19.3 Å². The second-order valence-electron chi connectivity index (χ2n) is 4.62. The van der Waals surface area contributed by atoms with Crippen molar-refractivity contribution < 1.29 is 0 Å². The fourth-order valence-electron chi connectivity index (χ4n) is 2.14. The molecule has 1 heterocycles. The van der Waals surface area contributed by atoms with Gasteiger partial charge in [0.15, 0.2) is 0 Å². The van der Waals surface area contributed by atoms with E-state index in [-0.39, 0.29) is 0 Å². The van der Waals surface area contributed by atoms with Gasteiger partial charge in [0.2, 0.25) is 0 Å². The van der Waals surface area contributed by atoms with Crippen LogP contribution in [0.5, 0.6) is 0 Å². The maximum absolute atomic E-state index is 4.23. The Morgan fingerprint density at radius 2 is 2.12 bits per heavy atom. The Morgan fingerprint density at radius 1 is 1.38 bits per heavy atom. The van der Waals surface area contributed by atoms with Crippen LogP contribution in [0.2, 0.25) is 0 Å². The molecular weight excluding hydrogens is 198 g/mol. The highest BCUT2D eigenvalue weighted by atomic mass is 15.0. The van der Waals surface area contributed by atoms with Crippen molar-refractivity contribution in [2.45, 2.75) is 39.2 Å². The molecule has 3 heteroatoms. The van der Waals surface area contributed by atoms with Gasteiger partial charge in [0, 0.05) is 12.6 Å². The van der Waals surface area contributed by atoms with Gasteiger partial charge in [-0.05, 0) is 38.7 Å². The molecule has 0 saturated heterocycles. The molecule has 1 aromatic heterocycles. The Hall–Kier alpha value is -1.25. The van der Waals surface area contributed by atoms with Crippen molar-refractivity contribution in [3.8, 4) is 0 Å². The van der Waals surface area contributed by atoms with Crippen molar-refractivity contribution in [1.82, 2.24) is 4.98 Å². The first-order valence-electron chi connectivity index (χ1n) is 6.25. The second kappa shape index (κ2) is 5.19. The molecule has 2 N–H and O–H groups in total. The van der Waals surface area contributed by atoms with E-state index in [1.807, 2.05) is 12.4 Å². The molecule has 2 rings (SSSR count).